The molecule has 2 fully saturated rings. The van der Waals surface area contributed by atoms with Gasteiger partial charge in [0.1, 0.15) is 0 Å². The van der Waals surface area contributed by atoms with E-state index in [1.807, 2.05) is 0 Å². The van der Waals surface area contributed by atoms with Crippen LogP contribution in [0.5, 0.6) is 0 Å². The van der Waals surface area contributed by atoms with Gasteiger partial charge < -0.3 is 20.1 Å². The summed E-state index contributed by atoms with van der Waals surface area (Å²) in [5.74, 6) is -0.758. The van der Waals surface area contributed by atoms with Crippen molar-refractivity contribution in [1.82, 2.24) is 10.2 Å². The van der Waals surface area contributed by atoms with Gasteiger partial charge in [0, 0.05) is 25.6 Å². The molecule has 6 heteroatoms. The lowest BCUT2D eigenvalue weighted by Crippen LogP contribution is -2.46. The average Bonchev–Trinajstić information content (AvgIpc) is 2.45. The molecular formula is C14H24N2O4. The number of ether oxygens (including phenoxy) is 1. The van der Waals surface area contributed by atoms with E-state index in [1.165, 1.54) is 12.8 Å². The van der Waals surface area contributed by atoms with Crippen LogP contribution in [0.4, 0.5) is 0 Å². The topological polar surface area (TPSA) is 78.9 Å². The second kappa shape index (κ2) is 7.59. The standard InChI is InChI=1S/C14H24N2O4/c17-13(5-4-11-3-1-2-6-15-11)16-7-8-20-12(10-16)9-14(18)19/h11-12,15H,1-10H2,(H,18,19). The number of rotatable bonds is 5. The van der Waals surface area contributed by atoms with Gasteiger partial charge in [-0.15, -0.1) is 0 Å². The number of carbonyl (C=O) groups excluding carboxylic acids is 1. The third kappa shape index (κ3) is 4.76. The summed E-state index contributed by atoms with van der Waals surface area (Å²) >= 11 is 0. The van der Waals surface area contributed by atoms with Crippen molar-refractivity contribution in [3.8, 4) is 0 Å². The van der Waals surface area contributed by atoms with Gasteiger partial charge in [0.15, 0.2) is 0 Å². The van der Waals surface area contributed by atoms with Crippen molar-refractivity contribution < 1.29 is 19.4 Å². The molecule has 1 amide bonds. The first-order valence-electron chi connectivity index (χ1n) is 7.49. The molecule has 0 spiro atoms. The fourth-order valence-electron chi connectivity index (χ4n) is 2.89. The molecule has 2 aliphatic heterocycles. The average molecular weight is 284 g/mol. The SMILES string of the molecule is O=C(O)CC1CN(C(=O)CCC2CCCCN2)CCO1. The normalized spacial score (nSPS) is 27.3. The minimum Gasteiger partial charge on any atom is -0.481 e. The zero-order valence-electron chi connectivity index (χ0n) is 11.8. The Labute approximate surface area is 119 Å². The van der Waals surface area contributed by atoms with Crippen LogP contribution in [0, 0.1) is 0 Å². The number of carbonyl (C=O) groups is 2. The van der Waals surface area contributed by atoms with E-state index < -0.39 is 5.97 Å². The highest BCUT2D eigenvalue weighted by Gasteiger charge is 2.26. The molecule has 0 aromatic heterocycles. The van der Waals surface area contributed by atoms with Crippen LogP contribution in [0.2, 0.25) is 0 Å². The van der Waals surface area contributed by atoms with Gasteiger partial charge in [-0.2, -0.15) is 0 Å². The zero-order valence-corrected chi connectivity index (χ0v) is 11.8. The molecule has 6 nitrogen and oxygen atoms in total. The fourth-order valence-corrected chi connectivity index (χ4v) is 2.89. The summed E-state index contributed by atoms with van der Waals surface area (Å²) in [4.78, 5) is 24.6. The molecule has 0 aromatic carbocycles. The van der Waals surface area contributed by atoms with E-state index in [0.717, 1.165) is 19.4 Å². The molecule has 20 heavy (non-hydrogen) atoms. The van der Waals surface area contributed by atoms with E-state index in [9.17, 15) is 9.59 Å². The predicted molar refractivity (Wildman–Crippen MR) is 73.4 cm³/mol. The largest absolute Gasteiger partial charge is 0.481 e. The molecule has 2 rings (SSSR count). The van der Waals surface area contributed by atoms with Crippen molar-refractivity contribution in [2.24, 2.45) is 0 Å². The van der Waals surface area contributed by atoms with Crippen molar-refractivity contribution in [2.75, 3.05) is 26.2 Å². The number of nitrogens with zero attached hydrogens (tertiary/aromatic N) is 1. The van der Waals surface area contributed by atoms with Crippen molar-refractivity contribution in [1.29, 1.82) is 0 Å². The summed E-state index contributed by atoms with van der Waals surface area (Å²) < 4.78 is 5.38. The minimum atomic E-state index is -0.879. The summed E-state index contributed by atoms with van der Waals surface area (Å²) in [6, 6.07) is 0.462. The Hall–Kier alpha value is -1.14. The maximum Gasteiger partial charge on any atom is 0.306 e. The van der Waals surface area contributed by atoms with Crippen LogP contribution in [0.15, 0.2) is 0 Å². The summed E-state index contributed by atoms with van der Waals surface area (Å²) in [5.41, 5.74) is 0. The van der Waals surface area contributed by atoms with Gasteiger partial charge in [-0.25, -0.2) is 0 Å². The molecule has 2 aliphatic rings. The van der Waals surface area contributed by atoms with Crippen LogP contribution in [0.25, 0.3) is 0 Å². The number of hydrogen-bond acceptors (Lipinski definition) is 4. The summed E-state index contributed by atoms with van der Waals surface area (Å²) in [6.45, 7) is 2.47. The quantitative estimate of drug-likeness (QED) is 0.773. The third-order valence-corrected chi connectivity index (χ3v) is 4.01. The van der Waals surface area contributed by atoms with Gasteiger partial charge >= 0.3 is 5.97 Å². The number of nitrogens with one attached hydrogen (secondary N) is 1. The van der Waals surface area contributed by atoms with E-state index >= 15 is 0 Å². The van der Waals surface area contributed by atoms with Gasteiger partial charge in [0.25, 0.3) is 0 Å². The van der Waals surface area contributed by atoms with Gasteiger partial charge in [-0.3, -0.25) is 9.59 Å². The molecule has 0 aromatic rings. The minimum absolute atomic E-state index is 0.0338. The number of amides is 1. The van der Waals surface area contributed by atoms with Crippen LogP contribution < -0.4 is 5.32 Å². The van der Waals surface area contributed by atoms with Crippen molar-refractivity contribution in [3.05, 3.63) is 0 Å². The van der Waals surface area contributed by atoms with Crippen LogP contribution >= 0.6 is 0 Å². The smallest absolute Gasteiger partial charge is 0.306 e. The Kier molecular flexibility index (Phi) is 5.79. The number of aliphatic carboxylic acids is 1. The van der Waals surface area contributed by atoms with Gasteiger partial charge in [0.05, 0.1) is 19.1 Å². The van der Waals surface area contributed by atoms with Crippen molar-refractivity contribution >= 4 is 11.9 Å². The predicted octanol–water partition coefficient (Wildman–Crippen LogP) is 0.611. The maximum absolute atomic E-state index is 12.2. The van der Waals surface area contributed by atoms with Gasteiger partial charge in [-0.1, -0.05) is 6.42 Å². The van der Waals surface area contributed by atoms with E-state index in [1.54, 1.807) is 4.90 Å². The fraction of sp³-hybridized carbons (Fsp3) is 0.857. The van der Waals surface area contributed by atoms with E-state index in [-0.39, 0.29) is 18.4 Å². The first kappa shape index (κ1) is 15.3. The molecule has 0 saturated carbocycles. The molecule has 2 atom stereocenters. The van der Waals surface area contributed by atoms with Crippen LogP contribution in [-0.4, -0.2) is 60.3 Å². The lowest BCUT2D eigenvalue weighted by atomic mass is 10.00. The Balaban J connectivity index is 1.72. The molecule has 2 unspecified atom stereocenters. The third-order valence-electron chi connectivity index (χ3n) is 4.01. The van der Waals surface area contributed by atoms with E-state index in [4.69, 9.17) is 9.84 Å². The summed E-state index contributed by atoms with van der Waals surface area (Å²) in [7, 11) is 0. The number of carboxylic acid groups (broad SMARTS) is 1. The highest BCUT2D eigenvalue weighted by atomic mass is 16.5. The first-order chi connectivity index (χ1) is 9.65. The second-order valence-electron chi connectivity index (χ2n) is 5.62. The summed E-state index contributed by atoms with van der Waals surface area (Å²) in [6.07, 6.45) is 4.64. The van der Waals surface area contributed by atoms with E-state index in [2.05, 4.69) is 5.32 Å². The zero-order chi connectivity index (χ0) is 14.4. The number of carboxylic acids is 1. The van der Waals surface area contributed by atoms with Gasteiger partial charge in [-0.05, 0) is 25.8 Å². The van der Waals surface area contributed by atoms with Gasteiger partial charge in [0.2, 0.25) is 5.91 Å². The lowest BCUT2D eigenvalue weighted by Gasteiger charge is -2.33. The molecule has 2 heterocycles. The molecule has 2 saturated heterocycles. The highest BCUT2D eigenvalue weighted by Crippen LogP contribution is 2.15. The molecular weight excluding hydrogens is 260 g/mol. The monoisotopic (exact) mass is 284 g/mol. The summed E-state index contributed by atoms with van der Waals surface area (Å²) in [5, 5.41) is 12.2. The lowest BCUT2D eigenvalue weighted by molar-refractivity contribution is -0.147. The number of piperidine rings is 1. The Bertz CT molecular complexity index is 342. The maximum atomic E-state index is 12.2. The Morgan fingerprint density at radius 3 is 2.90 bits per heavy atom. The number of hydrogen-bond donors (Lipinski definition) is 2. The Morgan fingerprint density at radius 2 is 2.20 bits per heavy atom. The van der Waals surface area contributed by atoms with Crippen molar-refractivity contribution in [3.63, 3.8) is 0 Å². The highest BCUT2D eigenvalue weighted by molar-refractivity contribution is 5.76. The van der Waals surface area contributed by atoms with Crippen LogP contribution in [0.1, 0.15) is 38.5 Å². The second-order valence-corrected chi connectivity index (χ2v) is 5.62. The molecule has 114 valence electrons. The van der Waals surface area contributed by atoms with Crippen LogP contribution in [0.3, 0.4) is 0 Å². The molecule has 0 radical (unpaired) electrons. The number of morpholine rings is 1. The molecule has 0 bridgehead atoms. The van der Waals surface area contributed by atoms with Crippen molar-refractivity contribution in [2.45, 2.75) is 50.7 Å². The van der Waals surface area contributed by atoms with E-state index in [0.29, 0.717) is 32.2 Å². The van der Waals surface area contributed by atoms with Crippen LogP contribution in [-0.2, 0) is 14.3 Å². The Morgan fingerprint density at radius 1 is 1.35 bits per heavy atom. The first-order valence-corrected chi connectivity index (χ1v) is 7.49. The molecule has 0 aliphatic carbocycles. The molecule has 2 N–H and O–H groups in total.